The summed E-state index contributed by atoms with van der Waals surface area (Å²) in [6.07, 6.45) is 2.54. The lowest BCUT2D eigenvalue weighted by molar-refractivity contribution is 0.120. The van der Waals surface area contributed by atoms with E-state index in [1.807, 2.05) is 24.4 Å². The van der Waals surface area contributed by atoms with Crippen molar-refractivity contribution in [1.29, 1.82) is 0 Å². The molecule has 1 unspecified atom stereocenters. The van der Waals surface area contributed by atoms with Crippen LogP contribution in [0.5, 0.6) is 0 Å². The second-order valence-corrected chi connectivity index (χ2v) is 6.31. The number of aryl methyl sites for hydroxylation is 3. The van der Waals surface area contributed by atoms with E-state index in [0.29, 0.717) is 0 Å². The molecule has 0 aromatic carbocycles. The van der Waals surface area contributed by atoms with Crippen molar-refractivity contribution in [1.82, 2.24) is 19.6 Å². The van der Waals surface area contributed by atoms with Gasteiger partial charge in [0.15, 0.2) is 11.3 Å². The number of nitrogens with zero attached hydrogens (tertiary/aromatic N) is 4. The van der Waals surface area contributed by atoms with Gasteiger partial charge in [-0.1, -0.05) is 0 Å². The van der Waals surface area contributed by atoms with Crippen molar-refractivity contribution >= 4 is 22.5 Å². The fourth-order valence-corrected chi connectivity index (χ4v) is 3.29. The van der Waals surface area contributed by atoms with E-state index in [-0.39, 0.29) is 6.10 Å². The second kappa shape index (κ2) is 5.45. The second-order valence-electron chi connectivity index (χ2n) is 6.31. The molecule has 0 amide bonds. The molecule has 120 valence electrons. The lowest BCUT2D eigenvalue weighted by Gasteiger charge is -2.13. The minimum atomic E-state index is 0.283. The predicted octanol–water partition coefficient (Wildman–Crippen LogP) is 2.79. The Morgan fingerprint density at radius 3 is 2.83 bits per heavy atom. The highest BCUT2D eigenvalue weighted by atomic mass is 16.5. The molecule has 1 saturated heterocycles. The average Bonchev–Trinajstić information content (AvgIpc) is 3.11. The Hall–Kier alpha value is -2.21. The third-order valence-electron chi connectivity index (χ3n) is 4.34. The maximum absolute atomic E-state index is 5.69. The number of fused-ring (bicyclic) bond motifs is 3. The summed E-state index contributed by atoms with van der Waals surface area (Å²) in [5.41, 5.74) is 4.71. The molecule has 1 aliphatic rings. The van der Waals surface area contributed by atoms with Crippen molar-refractivity contribution in [3.8, 4) is 0 Å². The van der Waals surface area contributed by atoms with Crippen LogP contribution in [0.4, 0.5) is 5.82 Å². The van der Waals surface area contributed by atoms with E-state index >= 15 is 0 Å². The van der Waals surface area contributed by atoms with Crippen LogP contribution < -0.4 is 5.32 Å². The Labute approximate surface area is 134 Å². The summed E-state index contributed by atoms with van der Waals surface area (Å²) in [6.45, 7) is 7.74. The Morgan fingerprint density at radius 1 is 1.22 bits per heavy atom. The molecule has 0 bridgehead atoms. The summed E-state index contributed by atoms with van der Waals surface area (Å²) in [4.78, 5) is 9.24. The number of aromatic nitrogens is 4. The molecule has 0 radical (unpaired) electrons. The van der Waals surface area contributed by atoms with E-state index in [4.69, 9.17) is 4.74 Å². The van der Waals surface area contributed by atoms with Crippen molar-refractivity contribution in [3.05, 3.63) is 29.1 Å². The number of hydrogen-bond acceptors (Lipinski definition) is 5. The van der Waals surface area contributed by atoms with Gasteiger partial charge in [-0.2, -0.15) is 4.52 Å². The number of ether oxygens (including phenoxy) is 1. The highest BCUT2D eigenvalue weighted by Gasteiger charge is 2.17. The summed E-state index contributed by atoms with van der Waals surface area (Å²) in [7, 11) is 0. The largest absolute Gasteiger partial charge is 0.376 e. The summed E-state index contributed by atoms with van der Waals surface area (Å²) in [6, 6.07) is 4.10. The molecule has 1 N–H and O–H groups in total. The van der Waals surface area contributed by atoms with Crippen LogP contribution in [0.1, 0.15) is 29.8 Å². The van der Waals surface area contributed by atoms with Gasteiger partial charge in [-0.3, -0.25) is 0 Å². The Kier molecular flexibility index (Phi) is 3.41. The van der Waals surface area contributed by atoms with Gasteiger partial charge >= 0.3 is 0 Å². The van der Waals surface area contributed by atoms with Crippen molar-refractivity contribution < 1.29 is 4.74 Å². The molecule has 3 aromatic rings. The van der Waals surface area contributed by atoms with Crippen LogP contribution in [0, 0.1) is 20.8 Å². The molecule has 23 heavy (non-hydrogen) atoms. The lowest BCUT2D eigenvalue weighted by atomic mass is 10.2. The first-order valence-electron chi connectivity index (χ1n) is 8.11. The van der Waals surface area contributed by atoms with Crippen molar-refractivity contribution in [2.24, 2.45) is 0 Å². The first-order valence-corrected chi connectivity index (χ1v) is 8.11. The molecule has 3 aromatic heterocycles. The van der Waals surface area contributed by atoms with Crippen LogP contribution in [0.25, 0.3) is 16.7 Å². The van der Waals surface area contributed by atoms with Crippen LogP contribution in [0.15, 0.2) is 12.1 Å². The van der Waals surface area contributed by atoms with E-state index in [9.17, 15) is 0 Å². The van der Waals surface area contributed by atoms with Crippen molar-refractivity contribution in [2.75, 3.05) is 18.5 Å². The van der Waals surface area contributed by atoms with Gasteiger partial charge in [0.05, 0.1) is 11.5 Å². The molecule has 4 heterocycles. The van der Waals surface area contributed by atoms with Gasteiger partial charge in [0.25, 0.3) is 0 Å². The molecule has 1 fully saturated rings. The molecule has 1 aliphatic heterocycles. The zero-order valence-corrected chi connectivity index (χ0v) is 13.8. The standard InChI is InChI=1S/C17H21N5O/c1-10-7-11(2)19-16-15(10)17-20-12(3)8-14(22(17)21-16)18-9-13-5-4-6-23-13/h7-8,13,18H,4-6,9H2,1-3H3. The van der Waals surface area contributed by atoms with Crippen molar-refractivity contribution in [3.63, 3.8) is 0 Å². The zero-order chi connectivity index (χ0) is 16.0. The van der Waals surface area contributed by atoms with Crippen LogP contribution in [-0.2, 0) is 4.74 Å². The van der Waals surface area contributed by atoms with E-state index in [0.717, 1.165) is 65.4 Å². The zero-order valence-electron chi connectivity index (χ0n) is 13.8. The molecule has 0 spiro atoms. The third-order valence-corrected chi connectivity index (χ3v) is 4.34. The third kappa shape index (κ3) is 2.53. The summed E-state index contributed by atoms with van der Waals surface area (Å²) in [5.74, 6) is 0.943. The van der Waals surface area contributed by atoms with Gasteiger partial charge in [0.1, 0.15) is 5.82 Å². The molecule has 4 rings (SSSR count). The summed E-state index contributed by atoms with van der Waals surface area (Å²) < 4.78 is 7.56. The van der Waals surface area contributed by atoms with Gasteiger partial charge in [-0.15, -0.1) is 5.10 Å². The molecular weight excluding hydrogens is 290 g/mol. The van der Waals surface area contributed by atoms with Gasteiger partial charge in [-0.05, 0) is 45.2 Å². The Morgan fingerprint density at radius 2 is 2.04 bits per heavy atom. The first-order chi connectivity index (χ1) is 11.1. The average molecular weight is 311 g/mol. The van der Waals surface area contributed by atoms with Crippen LogP contribution in [-0.4, -0.2) is 38.8 Å². The topological polar surface area (TPSA) is 64.3 Å². The molecule has 1 atom stereocenters. The SMILES string of the molecule is Cc1cc(C)c2c(n1)nn1c(NCC3CCCO3)cc(C)nc21. The Balaban J connectivity index is 1.82. The normalized spacial score (nSPS) is 18.1. The van der Waals surface area contributed by atoms with Gasteiger partial charge in [0, 0.05) is 30.6 Å². The van der Waals surface area contributed by atoms with E-state index in [2.05, 4.69) is 33.4 Å². The van der Waals surface area contributed by atoms with Crippen molar-refractivity contribution in [2.45, 2.75) is 39.7 Å². The van der Waals surface area contributed by atoms with Crippen LogP contribution >= 0.6 is 0 Å². The summed E-state index contributed by atoms with van der Waals surface area (Å²) >= 11 is 0. The lowest BCUT2D eigenvalue weighted by Crippen LogP contribution is -2.20. The Bertz CT molecular complexity index is 880. The fraction of sp³-hybridized carbons (Fsp3) is 0.471. The smallest absolute Gasteiger partial charge is 0.184 e. The maximum Gasteiger partial charge on any atom is 0.184 e. The van der Waals surface area contributed by atoms with E-state index < -0.39 is 0 Å². The van der Waals surface area contributed by atoms with E-state index in [1.165, 1.54) is 0 Å². The monoisotopic (exact) mass is 311 g/mol. The van der Waals surface area contributed by atoms with E-state index in [1.54, 1.807) is 0 Å². The van der Waals surface area contributed by atoms with Gasteiger partial charge in [-0.25, -0.2) is 9.97 Å². The quantitative estimate of drug-likeness (QED) is 0.806. The highest BCUT2D eigenvalue weighted by molar-refractivity contribution is 5.93. The molecule has 0 aliphatic carbocycles. The molecular formula is C17H21N5O. The number of hydrogen-bond donors (Lipinski definition) is 1. The maximum atomic E-state index is 5.69. The minimum absolute atomic E-state index is 0.283. The van der Waals surface area contributed by atoms with Crippen LogP contribution in [0.2, 0.25) is 0 Å². The highest BCUT2D eigenvalue weighted by Crippen LogP contribution is 2.24. The molecule has 0 saturated carbocycles. The number of anilines is 1. The summed E-state index contributed by atoms with van der Waals surface area (Å²) in [5, 5.41) is 9.16. The fourth-order valence-electron chi connectivity index (χ4n) is 3.29. The number of nitrogens with one attached hydrogen (secondary N) is 1. The van der Waals surface area contributed by atoms with Gasteiger partial charge in [0.2, 0.25) is 0 Å². The molecule has 6 nitrogen and oxygen atoms in total. The number of pyridine rings is 1. The molecule has 6 heteroatoms. The van der Waals surface area contributed by atoms with Crippen LogP contribution in [0.3, 0.4) is 0 Å². The number of rotatable bonds is 3. The first kappa shape index (κ1) is 14.4. The minimum Gasteiger partial charge on any atom is -0.376 e. The van der Waals surface area contributed by atoms with Gasteiger partial charge < -0.3 is 10.1 Å². The predicted molar refractivity (Wildman–Crippen MR) is 90.0 cm³/mol.